The van der Waals surface area contributed by atoms with Crippen LogP contribution >= 0.6 is 11.3 Å². The van der Waals surface area contributed by atoms with Gasteiger partial charge in [-0.25, -0.2) is 8.42 Å². The summed E-state index contributed by atoms with van der Waals surface area (Å²) in [6.07, 6.45) is 8.38. The molecule has 0 bridgehead atoms. The van der Waals surface area contributed by atoms with E-state index in [-0.39, 0.29) is 5.92 Å². The van der Waals surface area contributed by atoms with Gasteiger partial charge in [0.25, 0.3) is 0 Å². The van der Waals surface area contributed by atoms with Crippen LogP contribution in [0.3, 0.4) is 0 Å². The first kappa shape index (κ1) is 19.1. The van der Waals surface area contributed by atoms with Crippen molar-refractivity contribution in [3.8, 4) is 0 Å². The van der Waals surface area contributed by atoms with Gasteiger partial charge in [-0.2, -0.15) is 4.31 Å². The van der Waals surface area contributed by atoms with Crippen LogP contribution in [0.25, 0.3) is 10.9 Å². The summed E-state index contributed by atoms with van der Waals surface area (Å²) in [6.45, 7) is 1.00. The van der Waals surface area contributed by atoms with Gasteiger partial charge in [-0.3, -0.25) is 4.98 Å². The van der Waals surface area contributed by atoms with Crippen molar-refractivity contribution in [2.24, 2.45) is 0 Å². The minimum absolute atomic E-state index is 0.120. The molecule has 5 rings (SSSR count). The van der Waals surface area contributed by atoms with Crippen LogP contribution in [0.4, 0.5) is 0 Å². The molecule has 1 saturated carbocycles. The fourth-order valence-electron chi connectivity index (χ4n) is 4.54. The molecule has 2 aliphatic rings. The predicted octanol–water partition coefficient (Wildman–Crippen LogP) is 4.31. The van der Waals surface area contributed by atoms with Crippen molar-refractivity contribution < 1.29 is 8.42 Å². The van der Waals surface area contributed by atoms with E-state index >= 15 is 0 Å². The van der Waals surface area contributed by atoms with Crippen LogP contribution < -0.4 is 0 Å². The third-order valence-electron chi connectivity index (χ3n) is 6.11. The van der Waals surface area contributed by atoms with Gasteiger partial charge in [-0.05, 0) is 37.8 Å². The number of para-hydroxylation sites is 1. The Morgan fingerprint density at radius 1 is 0.931 bits per heavy atom. The molecule has 2 fully saturated rings. The summed E-state index contributed by atoms with van der Waals surface area (Å²) in [5, 5.41) is 11.9. The van der Waals surface area contributed by atoms with Crippen LogP contribution in [0, 0.1) is 0 Å². The smallest absolute Gasteiger partial charge is 0.245 e. The molecule has 152 valence electrons. The van der Waals surface area contributed by atoms with E-state index in [4.69, 9.17) is 0 Å². The molecule has 2 aromatic heterocycles. The average molecular weight is 429 g/mol. The van der Waals surface area contributed by atoms with Gasteiger partial charge in [0.15, 0.2) is 0 Å². The number of hydrogen-bond acceptors (Lipinski definition) is 6. The molecule has 0 amide bonds. The predicted molar refractivity (Wildman–Crippen MR) is 114 cm³/mol. The van der Waals surface area contributed by atoms with Crippen molar-refractivity contribution in [3.05, 3.63) is 46.5 Å². The highest BCUT2D eigenvalue weighted by Crippen LogP contribution is 2.39. The number of sulfonamides is 1. The molecule has 1 aliphatic carbocycles. The van der Waals surface area contributed by atoms with Crippen molar-refractivity contribution in [2.75, 3.05) is 13.1 Å². The van der Waals surface area contributed by atoms with Gasteiger partial charge in [0, 0.05) is 36.5 Å². The normalized spacial score (nSPS) is 21.7. The summed E-state index contributed by atoms with van der Waals surface area (Å²) in [5.74, 6) is 0.667. The maximum Gasteiger partial charge on any atom is 0.245 e. The molecule has 0 N–H and O–H groups in total. The maximum atomic E-state index is 13.4. The van der Waals surface area contributed by atoms with Crippen molar-refractivity contribution >= 4 is 32.3 Å². The zero-order valence-electron chi connectivity index (χ0n) is 16.2. The number of pyridine rings is 1. The Labute approximate surface area is 175 Å². The van der Waals surface area contributed by atoms with E-state index in [0.717, 1.165) is 28.2 Å². The SMILES string of the molecule is O=S(=O)(c1cccc2cccnc12)N1CCCC(c2nnc(C3CCCC3)s2)C1. The maximum absolute atomic E-state index is 13.4. The molecule has 3 heterocycles. The Hall–Kier alpha value is -1.90. The van der Waals surface area contributed by atoms with Crippen LogP contribution in [-0.2, 0) is 10.0 Å². The molecule has 1 aliphatic heterocycles. The summed E-state index contributed by atoms with van der Waals surface area (Å²) in [7, 11) is -3.61. The summed E-state index contributed by atoms with van der Waals surface area (Å²) in [5.41, 5.74) is 0.538. The highest BCUT2D eigenvalue weighted by atomic mass is 32.2. The van der Waals surface area contributed by atoms with Crippen molar-refractivity contribution in [2.45, 2.75) is 55.3 Å². The Bertz CT molecular complexity index is 1120. The number of nitrogens with zero attached hydrogens (tertiary/aromatic N) is 4. The standard InChI is InChI=1S/C21H24N4O2S2/c26-29(27,18-11-3-8-15-9-4-12-22-19(15)18)25-13-5-10-17(14-25)21-24-23-20(28-21)16-6-1-2-7-16/h3-4,8-9,11-12,16-17H,1-2,5-7,10,13-14H2. The van der Waals surface area contributed by atoms with Gasteiger partial charge >= 0.3 is 0 Å². The average Bonchev–Trinajstić information content (AvgIpc) is 3.45. The molecule has 0 spiro atoms. The molecule has 1 saturated heterocycles. The lowest BCUT2D eigenvalue weighted by Crippen LogP contribution is -2.39. The highest BCUT2D eigenvalue weighted by molar-refractivity contribution is 7.89. The Kier molecular flexibility index (Phi) is 5.09. The van der Waals surface area contributed by atoms with E-state index in [0.29, 0.717) is 29.4 Å². The minimum atomic E-state index is -3.61. The molecule has 1 unspecified atom stereocenters. The van der Waals surface area contributed by atoms with Gasteiger partial charge < -0.3 is 0 Å². The Balaban J connectivity index is 1.41. The second-order valence-electron chi connectivity index (χ2n) is 7.99. The van der Waals surface area contributed by atoms with Gasteiger partial charge in [0.05, 0.1) is 5.52 Å². The molecule has 29 heavy (non-hydrogen) atoms. The highest BCUT2D eigenvalue weighted by Gasteiger charge is 2.34. The molecular formula is C21H24N4O2S2. The number of piperidine rings is 1. The third-order valence-corrected chi connectivity index (χ3v) is 9.25. The number of rotatable bonds is 4. The van der Waals surface area contributed by atoms with Crippen LogP contribution in [0.2, 0.25) is 0 Å². The number of fused-ring (bicyclic) bond motifs is 1. The van der Waals surface area contributed by atoms with Gasteiger partial charge in [0.2, 0.25) is 10.0 Å². The lowest BCUT2D eigenvalue weighted by atomic mass is 10.0. The zero-order chi connectivity index (χ0) is 19.8. The van der Waals surface area contributed by atoms with Crippen molar-refractivity contribution in [3.63, 3.8) is 0 Å². The Morgan fingerprint density at radius 2 is 1.66 bits per heavy atom. The van der Waals surface area contributed by atoms with Crippen LogP contribution in [0.5, 0.6) is 0 Å². The third kappa shape index (κ3) is 3.58. The summed E-state index contributed by atoms with van der Waals surface area (Å²) in [6, 6.07) is 9.07. The second kappa shape index (κ2) is 7.74. The van der Waals surface area contributed by atoms with Crippen molar-refractivity contribution in [1.82, 2.24) is 19.5 Å². The second-order valence-corrected chi connectivity index (χ2v) is 10.9. The molecule has 0 radical (unpaired) electrons. The van der Waals surface area contributed by atoms with Crippen LogP contribution in [-0.4, -0.2) is 41.0 Å². The summed E-state index contributed by atoms with van der Waals surface area (Å²) >= 11 is 1.69. The molecular weight excluding hydrogens is 404 g/mol. The van der Waals surface area contributed by atoms with Crippen LogP contribution in [0.1, 0.15) is 60.4 Å². The lowest BCUT2D eigenvalue weighted by Gasteiger charge is -2.30. The van der Waals surface area contributed by atoms with E-state index < -0.39 is 10.0 Å². The number of hydrogen-bond donors (Lipinski definition) is 0. The molecule has 8 heteroatoms. The van der Waals surface area contributed by atoms with Crippen molar-refractivity contribution in [1.29, 1.82) is 0 Å². The quantitative estimate of drug-likeness (QED) is 0.619. The van der Waals surface area contributed by atoms with Gasteiger partial charge in [-0.15, -0.1) is 21.5 Å². The number of benzene rings is 1. The molecule has 3 aromatic rings. The van der Waals surface area contributed by atoms with E-state index in [1.54, 1.807) is 34.0 Å². The topological polar surface area (TPSA) is 76.1 Å². The molecule has 1 atom stereocenters. The first-order chi connectivity index (χ1) is 14.1. The fourth-order valence-corrected chi connectivity index (χ4v) is 7.36. The van der Waals surface area contributed by atoms with E-state index in [1.807, 2.05) is 18.2 Å². The summed E-state index contributed by atoms with van der Waals surface area (Å²) < 4.78 is 28.5. The van der Waals surface area contributed by atoms with Gasteiger partial charge in [0.1, 0.15) is 14.9 Å². The van der Waals surface area contributed by atoms with E-state index in [9.17, 15) is 8.42 Å². The first-order valence-electron chi connectivity index (χ1n) is 10.3. The van der Waals surface area contributed by atoms with E-state index in [1.165, 1.54) is 25.7 Å². The van der Waals surface area contributed by atoms with Gasteiger partial charge in [-0.1, -0.05) is 31.0 Å². The largest absolute Gasteiger partial charge is 0.255 e. The Morgan fingerprint density at radius 3 is 2.48 bits per heavy atom. The minimum Gasteiger partial charge on any atom is -0.255 e. The van der Waals surface area contributed by atoms with Crippen LogP contribution in [0.15, 0.2) is 41.4 Å². The monoisotopic (exact) mass is 428 g/mol. The lowest BCUT2D eigenvalue weighted by molar-refractivity contribution is 0.315. The zero-order valence-corrected chi connectivity index (χ0v) is 17.8. The first-order valence-corrected chi connectivity index (χ1v) is 12.6. The number of aromatic nitrogens is 3. The van der Waals surface area contributed by atoms with E-state index in [2.05, 4.69) is 15.2 Å². The molecule has 1 aromatic carbocycles. The summed E-state index contributed by atoms with van der Waals surface area (Å²) in [4.78, 5) is 4.63. The fraction of sp³-hybridized carbons (Fsp3) is 0.476. The molecule has 6 nitrogen and oxygen atoms in total.